The van der Waals surface area contributed by atoms with Gasteiger partial charge >= 0.3 is 0 Å². The number of aldehydes is 1. The Bertz CT molecular complexity index is 310. The van der Waals surface area contributed by atoms with Crippen molar-refractivity contribution in [3.63, 3.8) is 0 Å². The summed E-state index contributed by atoms with van der Waals surface area (Å²) in [6.07, 6.45) is 2.45. The van der Waals surface area contributed by atoms with Crippen molar-refractivity contribution in [2.24, 2.45) is 0 Å². The van der Waals surface area contributed by atoms with Crippen LogP contribution < -0.4 is 4.90 Å². The highest BCUT2D eigenvalue weighted by atomic mass is 16.1. The quantitative estimate of drug-likeness (QED) is 0.660. The maximum absolute atomic E-state index is 10.5. The lowest BCUT2D eigenvalue weighted by Gasteiger charge is -2.15. The number of aromatic nitrogens is 1. The van der Waals surface area contributed by atoms with Crippen LogP contribution in [0.1, 0.15) is 22.8 Å². The van der Waals surface area contributed by atoms with Crippen LogP contribution in [0.5, 0.6) is 0 Å². The summed E-state index contributed by atoms with van der Waals surface area (Å²) >= 11 is 0. The van der Waals surface area contributed by atoms with Gasteiger partial charge in [-0.2, -0.15) is 0 Å². The van der Waals surface area contributed by atoms with Crippen LogP contribution in [0.25, 0.3) is 0 Å². The number of carbonyl (C=O) groups is 1. The molecule has 0 atom stereocenters. The molecule has 0 aliphatic carbocycles. The van der Waals surface area contributed by atoms with Crippen LogP contribution in [0.15, 0.2) is 12.3 Å². The van der Waals surface area contributed by atoms with Crippen LogP contribution in [0.4, 0.5) is 5.82 Å². The van der Waals surface area contributed by atoms with Gasteiger partial charge in [0.2, 0.25) is 0 Å². The molecule has 0 aliphatic rings. The van der Waals surface area contributed by atoms with Crippen molar-refractivity contribution < 1.29 is 4.79 Å². The van der Waals surface area contributed by atoms with E-state index >= 15 is 0 Å². The Kier molecular flexibility index (Phi) is 3.01. The topological polar surface area (TPSA) is 33.2 Å². The van der Waals surface area contributed by atoms with Gasteiger partial charge in [0.15, 0.2) is 6.29 Å². The first kappa shape index (κ1) is 9.71. The van der Waals surface area contributed by atoms with Gasteiger partial charge in [0, 0.05) is 25.4 Å². The zero-order chi connectivity index (χ0) is 9.84. The Morgan fingerprint density at radius 1 is 1.62 bits per heavy atom. The lowest BCUT2D eigenvalue weighted by atomic mass is 10.2. The van der Waals surface area contributed by atoms with E-state index < -0.39 is 0 Å². The minimum absolute atomic E-state index is 0.660. The van der Waals surface area contributed by atoms with Crippen molar-refractivity contribution in [2.75, 3.05) is 18.5 Å². The molecule has 0 spiro atoms. The van der Waals surface area contributed by atoms with Crippen molar-refractivity contribution in [3.8, 4) is 0 Å². The monoisotopic (exact) mass is 178 g/mol. The van der Waals surface area contributed by atoms with E-state index in [1.807, 2.05) is 24.9 Å². The molecule has 1 aromatic heterocycles. The Morgan fingerprint density at radius 3 is 2.77 bits per heavy atom. The first-order valence-corrected chi connectivity index (χ1v) is 4.32. The molecule has 0 N–H and O–H groups in total. The summed E-state index contributed by atoms with van der Waals surface area (Å²) in [6, 6.07) is 1.92. The number of hydrogen-bond acceptors (Lipinski definition) is 3. The molecule has 0 saturated heterocycles. The highest BCUT2D eigenvalue weighted by molar-refractivity contribution is 5.77. The van der Waals surface area contributed by atoms with E-state index in [4.69, 9.17) is 0 Å². The second kappa shape index (κ2) is 4.03. The number of carbonyl (C=O) groups excluding carboxylic acids is 1. The third kappa shape index (κ3) is 2.05. The summed E-state index contributed by atoms with van der Waals surface area (Å²) in [5.41, 5.74) is 1.63. The normalized spacial score (nSPS) is 9.77. The third-order valence-electron chi connectivity index (χ3n) is 2.13. The van der Waals surface area contributed by atoms with Crippen molar-refractivity contribution in [2.45, 2.75) is 13.8 Å². The average molecular weight is 178 g/mol. The zero-order valence-electron chi connectivity index (χ0n) is 8.24. The summed E-state index contributed by atoms with van der Waals surface area (Å²) in [5.74, 6) is 0.908. The van der Waals surface area contributed by atoms with Crippen molar-refractivity contribution >= 4 is 12.1 Å². The van der Waals surface area contributed by atoms with Gasteiger partial charge < -0.3 is 4.90 Å². The SMILES string of the molecule is CCN(C)c1cc(C)c(C=O)cn1. The first-order valence-electron chi connectivity index (χ1n) is 4.32. The largest absolute Gasteiger partial charge is 0.360 e. The van der Waals surface area contributed by atoms with Crippen LogP contribution >= 0.6 is 0 Å². The van der Waals surface area contributed by atoms with Gasteiger partial charge in [0.05, 0.1) is 0 Å². The molecule has 1 heterocycles. The van der Waals surface area contributed by atoms with E-state index in [1.165, 1.54) is 0 Å². The first-order chi connectivity index (χ1) is 6.19. The predicted octanol–water partition coefficient (Wildman–Crippen LogP) is 1.66. The molecule has 1 rings (SSSR count). The number of rotatable bonds is 3. The van der Waals surface area contributed by atoms with Gasteiger partial charge in [-0.1, -0.05) is 0 Å². The fraction of sp³-hybridized carbons (Fsp3) is 0.400. The third-order valence-corrected chi connectivity index (χ3v) is 2.13. The average Bonchev–Trinajstić information content (AvgIpc) is 2.16. The van der Waals surface area contributed by atoms with E-state index in [0.717, 1.165) is 24.2 Å². The molecular weight excluding hydrogens is 164 g/mol. The molecule has 0 aromatic carbocycles. The van der Waals surface area contributed by atoms with Crippen molar-refractivity contribution in [1.82, 2.24) is 4.98 Å². The van der Waals surface area contributed by atoms with E-state index in [2.05, 4.69) is 11.9 Å². The minimum Gasteiger partial charge on any atom is -0.360 e. The molecule has 0 bridgehead atoms. The standard InChI is InChI=1S/C10H14N2O/c1-4-12(3)10-5-8(2)9(7-13)6-11-10/h5-7H,4H2,1-3H3. The lowest BCUT2D eigenvalue weighted by molar-refractivity contribution is 0.112. The van der Waals surface area contributed by atoms with Crippen LogP contribution in [0.2, 0.25) is 0 Å². The van der Waals surface area contributed by atoms with Gasteiger partial charge in [0.1, 0.15) is 5.82 Å². The molecule has 13 heavy (non-hydrogen) atoms. The number of nitrogens with zero attached hydrogens (tertiary/aromatic N) is 2. The second-order valence-corrected chi connectivity index (χ2v) is 3.03. The Labute approximate surface area is 78.4 Å². The molecule has 0 aliphatic heterocycles. The summed E-state index contributed by atoms with van der Waals surface area (Å²) < 4.78 is 0. The molecule has 1 aromatic rings. The molecular formula is C10H14N2O. The van der Waals surface area contributed by atoms with Gasteiger partial charge in [-0.3, -0.25) is 4.79 Å². The van der Waals surface area contributed by atoms with Gasteiger partial charge in [0.25, 0.3) is 0 Å². The van der Waals surface area contributed by atoms with Gasteiger partial charge in [-0.15, -0.1) is 0 Å². The summed E-state index contributed by atoms with van der Waals surface area (Å²) in [7, 11) is 1.97. The van der Waals surface area contributed by atoms with E-state index in [-0.39, 0.29) is 0 Å². The number of anilines is 1. The number of hydrogen-bond donors (Lipinski definition) is 0. The molecule has 0 radical (unpaired) electrons. The minimum atomic E-state index is 0.660. The second-order valence-electron chi connectivity index (χ2n) is 3.03. The Morgan fingerprint density at radius 2 is 2.31 bits per heavy atom. The number of pyridine rings is 1. The fourth-order valence-corrected chi connectivity index (χ4v) is 1.05. The molecule has 0 unspecified atom stereocenters. The maximum Gasteiger partial charge on any atom is 0.151 e. The summed E-state index contributed by atoms with van der Waals surface area (Å²) in [4.78, 5) is 16.7. The van der Waals surface area contributed by atoms with Crippen LogP contribution in [-0.4, -0.2) is 24.9 Å². The van der Waals surface area contributed by atoms with E-state index in [9.17, 15) is 4.79 Å². The van der Waals surface area contributed by atoms with Gasteiger partial charge in [-0.25, -0.2) is 4.98 Å². The Hall–Kier alpha value is -1.38. The molecule has 3 nitrogen and oxygen atoms in total. The lowest BCUT2D eigenvalue weighted by Crippen LogP contribution is -2.17. The van der Waals surface area contributed by atoms with Crippen LogP contribution in [-0.2, 0) is 0 Å². The molecule has 0 saturated carbocycles. The van der Waals surface area contributed by atoms with Crippen LogP contribution in [0.3, 0.4) is 0 Å². The fourth-order valence-electron chi connectivity index (χ4n) is 1.05. The van der Waals surface area contributed by atoms with Crippen LogP contribution in [0, 0.1) is 6.92 Å². The molecule has 70 valence electrons. The number of aryl methyl sites for hydroxylation is 1. The summed E-state index contributed by atoms with van der Waals surface area (Å²) in [6.45, 7) is 4.88. The molecule has 3 heteroatoms. The van der Waals surface area contributed by atoms with Crippen molar-refractivity contribution in [3.05, 3.63) is 23.4 Å². The van der Waals surface area contributed by atoms with E-state index in [0.29, 0.717) is 5.56 Å². The zero-order valence-corrected chi connectivity index (χ0v) is 8.24. The smallest absolute Gasteiger partial charge is 0.151 e. The summed E-state index contributed by atoms with van der Waals surface area (Å²) in [5, 5.41) is 0. The molecule has 0 fully saturated rings. The van der Waals surface area contributed by atoms with Gasteiger partial charge in [-0.05, 0) is 25.5 Å². The maximum atomic E-state index is 10.5. The molecule has 0 amide bonds. The van der Waals surface area contributed by atoms with Crippen molar-refractivity contribution in [1.29, 1.82) is 0 Å². The predicted molar refractivity (Wildman–Crippen MR) is 53.3 cm³/mol. The highest BCUT2D eigenvalue weighted by Gasteiger charge is 2.02. The highest BCUT2D eigenvalue weighted by Crippen LogP contribution is 2.12. The van der Waals surface area contributed by atoms with E-state index in [1.54, 1.807) is 6.20 Å². The Balaban J connectivity index is 3.02.